The van der Waals surface area contributed by atoms with Crippen LogP contribution in [-0.2, 0) is 21.2 Å². The molecule has 3 rings (SSSR count). The number of hydrogen-bond donors (Lipinski definition) is 0. The predicted molar refractivity (Wildman–Crippen MR) is 95.3 cm³/mol. The van der Waals surface area contributed by atoms with Crippen LogP contribution in [0, 0.1) is 6.92 Å². The maximum atomic E-state index is 12.1. The average Bonchev–Trinajstić information content (AvgIpc) is 3.00. The van der Waals surface area contributed by atoms with Crippen molar-refractivity contribution in [3.63, 3.8) is 0 Å². The molecule has 0 aliphatic heterocycles. The molecule has 0 saturated heterocycles. The van der Waals surface area contributed by atoms with E-state index in [1.54, 1.807) is 6.92 Å². The van der Waals surface area contributed by atoms with Gasteiger partial charge >= 0.3 is 5.97 Å². The molecule has 2 aromatic carbocycles. The van der Waals surface area contributed by atoms with E-state index in [0.29, 0.717) is 17.3 Å². The number of nitrogens with zero attached hydrogens (tertiary/aromatic N) is 1. The molecule has 3 aromatic rings. The smallest absolute Gasteiger partial charge is 0.338 e. The van der Waals surface area contributed by atoms with Crippen molar-refractivity contribution < 1.29 is 22.4 Å². The van der Waals surface area contributed by atoms with Gasteiger partial charge in [-0.05, 0) is 43.3 Å². The SMILES string of the molecule is Cc1oc(-c2ccccc2)nc1COC(=O)c1ccc(S(C)(=O)=O)cc1. The highest BCUT2D eigenvalue weighted by molar-refractivity contribution is 7.90. The van der Waals surface area contributed by atoms with Gasteiger partial charge in [0, 0.05) is 11.8 Å². The lowest BCUT2D eigenvalue weighted by Crippen LogP contribution is -2.06. The lowest BCUT2D eigenvalue weighted by Gasteiger charge is -2.04. The molecule has 0 amide bonds. The van der Waals surface area contributed by atoms with Gasteiger partial charge in [-0.1, -0.05) is 18.2 Å². The zero-order valence-electron chi connectivity index (χ0n) is 14.3. The summed E-state index contributed by atoms with van der Waals surface area (Å²) in [7, 11) is -3.30. The van der Waals surface area contributed by atoms with Gasteiger partial charge in [-0.3, -0.25) is 0 Å². The number of hydrogen-bond acceptors (Lipinski definition) is 6. The number of esters is 1. The first kappa shape index (κ1) is 17.9. The molecule has 0 radical (unpaired) electrons. The molecule has 0 N–H and O–H groups in total. The summed E-state index contributed by atoms with van der Waals surface area (Å²) < 4.78 is 33.8. The van der Waals surface area contributed by atoms with E-state index in [9.17, 15) is 13.2 Å². The second kappa shape index (κ2) is 7.13. The zero-order chi connectivity index (χ0) is 18.7. The minimum atomic E-state index is -3.30. The van der Waals surface area contributed by atoms with Gasteiger partial charge in [0.2, 0.25) is 5.89 Å². The van der Waals surface area contributed by atoms with Gasteiger partial charge in [0.05, 0.1) is 10.5 Å². The zero-order valence-corrected chi connectivity index (χ0v) is 15.1. The third-order valence-electron chi connectivity index (χ3n) is 3.77. The fraction of sp³-hybridized carbons (Fsp3) is 0.158. The fourth-order valence-electron chi connectivity index (χ4n) is 2.32. The number of benzene rings is 2. The van der Waals surface area contributed by atoms with Crippen LogP contribution in [0.4, 0.5) is 0 Å². The van der Waals surface area contributed by atoms with Crippen LogP contribution in [0.5, 0.6) is 0 Å². The summed E-state index contributed by atoms with van der Waals surface area (Å²) in [6.45, 7) is 1.72. The molecule has 0 aliphatic rings. The molecular weight excluding hydrogens is 354 g/mol. The van der Waals surface area contributed by atoms with Gasteiger partial charge in [-0.25, -0.2) is 18.2 Å². The molecule has 6 nitrogen and oxygen atoms in total. The minimum absolute atomic E-state index is 0.0329. The number of ether oxygens (including phenoxy) is 1. The van der Waals surface area contributed by atoms with Gasteiger partial charge in [-0.15, -0.1) is 0 Å². The van der Waals surface area contributed by atoms with E-state index in [0.717, 1.165) is 11.8 Å². The first-order valence-electron chi connectivity index (χ1n) is 7.83. The van der Waals surface area contributed by atoms with Crippen LogP contribution in [0.2, 0.25) is 0 Å². The Morgan fingerprint density at radius 1 is 1.08 bits per heavy atom. The molecule has 0 saturated carbocycles. The summed E-state index contributed by atoms with van der Waals surface area (Å²) in [6.07, 6.45) is 1.11. The third kappa shape index (κ3) is 4.00. The summed E-state index contributed by atoms with van der Waals surface area (Å²) in [5.41, 5.74) is 1.64. The summed E-state index contributed by atoms with van der Waals surface area (Å²) >= 11 is 0. The van der Waals surface area contributed by atoms with Crippen molar-refractivity contribution in [2.45, 2.75) is 18.4 Å². The molecule has 0 spiro atoms. The van der Waals surface area contributed by atoms with Crippen LogP contribution < -0.4 is 0 Å². The molecule has 0 bridgehead atoms. The summed E-state index contributed by atoms with van der Waals surface area (Å²) in [5.74, 6) is 0.476. The Hall–Kier alpha value is -2.93. The Bertz CT molecular complexity index is 1020. The van der Waals surface area contributed by atoms with Crippen molar-refractivity contribution >= 4 is 15.8 Å². The summed E-state index contributed by atoms with van der Waals surface area (Å²) in [5, 5.41) is 0. The van der Waals surface area contributed by atoms with Crippen molar-refractivity contribution in [3.8, 4) is 11.5 Å². The summed E-state index contributed by atoms with van der Waals surface area (Å²) in [6, 6.07) is 15.0. The number of carbonyl (C=O) groups excluding carboxylic acids is 1. The highest BCUT2D eigenvalue weighted by Gasteiger charge is 2.15. The second-order valence-corrected chi connectivity index (χ2v) is 7.78. The van der Waals surface area contributed by atoms with Gasteiger partial charge in [-0.2, -0.15) is 0 Å². The first-order valence-corrected chi connectivity index (χ1v) is 9.73. The van der Waals surface area contributed by atoms with Gasteiger partial charge in [0.25, 0.3) is 0 Å². The molecule has 0 unspecified atom stereocenters. The van der Waals surface area contributed by atoms with Crippen LogP contribution in [0.1, 0.15) is 21.8 Å². The Kier molecular flexibility index (Phi) is 4.90. The highest BCUT2D eigenvalue weighted by Crippen LogP contribution is 2.22. The second-order valence-electron chi connectivity index (χ2n) is 5.76. The topological polar surface area (TPSA) is 86.5 Å². The van der Waals surface area contributed by atoms with Crippen molar-refractivity contribution in [2.24, 2.45) is 0 Å². The van der Waals surface area contributed by atoms with Crippen LogP contribution in [0.25, 0.3) is 11.5 Å². The highest BCUT2D eigenvalue weighted by atomic mass is 32.2. The van der Waals surface area contributed by atoms with Crippen molar-refractivity contribution in [1.29, 1.82) is 0 Å². The third-order valence-corrected chi connectivity index (χ3v) is 4.90. The van der Waals surface area contributed by atoms with Gasteiger partial charge < -0.3 is 9.15 Å². The average molecular weight is 371 g/mol. The number of sulfone groups is 1. The van der Waals surface area contributed by atoms with E-state index in [-0.39, 0.29) is 17.1 Å². The number of rotatable bonds is 5. The summed E-state index contributed by atoms with van der Waals surface area (Å²) in [4.78, 5) is 16.7. The normalized spacial score (nSPS) is 11.3. The molecule has 26 heavy (non-hydrogen) atoms. The van der Waals surface area contributed by atoms with E-state index < -0.39 is 15.8 Å². The molecular formula is C19H17NO5S. The standard InChI is InChI=1S/C19H17NO5S/c1-13-17(20-18(25-13)14-6-4-3-5-7-14)12-24-19(21)15-8-10-16(11-9-15)26(2,22)23/h3-11H,12H2,1-2H3. The first-order chi connectivity index (χ1) is 12.3. The minimum Gasteiger partial charge on any atom is -0.455 e. The fourth-order valence-corrected chi connectivity index (χ4v) is 2.95. The van der Waals surface area contributed by atoms with Crippen LogP contribution >= 0.6 is 0 Å². The Labute approximate surface area is 151 Å². The largest absolute Gasteiger partial charge is 0.455 e. The lowest BCUT2D eigenvalue weighted by molar-refractivity contribution is 0.0467. The van der Waals surface area contributed by atoms with E-state index in [4.69, 9.17) is 9.15 Å². The molecule has 134 valence electrons. The number of aryl methyl sites for hydroxylation is 1. The lowest BCUT2D eigenvalue weighted by atomic mass is 10.2. The molecule has 7 heteroatoms. The van der Waals surface area contributed by atoms with Crippen molar-refractivity contribution in [2.75, 3.05) is 6.26 Å². The monoisotopic (exact) mass is 371 g/mol. The maximum Gasteiger partial charge on any atom is 0.338 e. The Morgan fingerprint density at radius 3 is 2.35 bits per heavy atom. The van der Waals surface area contributed by atoms with Crippen molar-refractivity contribution in [3.05, 3.63) is 71.6 Å². The molecule has 0 fully saturated rings. The van der Waals surface area contributed by atoms with Gasteiger partial charge in [0.1, 0.15) is 18.1 Å². The maximum absolute atomic E-state index is 12.1. The Balaban J connectivity index is 1.69. The molecule has 1 heterocycles. The van der Waals surface area contributed by atoms with E-state index >= 15 is 0 Å². The number of carbonyl (C=O) groups is 1. The van der Waals surface area contributed by atoms with Crippen LogP contribution in [-0.4, -0.2) is 25.6 Å². The quantitative estimate of drug-likeness (QED) is 0.639. The van der Waals surface area contributed by atoms with Gasteiger partial charge in [0.15, 0.2) is 9.84 Å². The number of aromatic nitrogens is 1. The van der Waals surface area contributed by atoms with E-state index in [2.05, 4.69) is 4.98 Å². The Morgan fingerprint density at radius 2 is 1.73 bits per heavy atom. The molecule has 0 atom stereocenters. The molecule has 0 aliphatic carbocycles. The van der Waals surface area contributed by atoms with E-state index in [1.807, 2.05) is 30.3 Å². The van der Waals surface area contributed by atoms with Crippen molar-refractivity contribution in [1.82, 2.24) is 4.98 Å². The van der Waals surface area contributed by atoms with E-state index in [1.165, 1.54) is 24.3 Å². The van der Waals surface area contributed by atoms with Crippen LogP contribution in [0.3, 0.4) is 0 Å². The predicted octanol–water partition coefficient (Wildman–Crippen LogP) is 3.41. The van der Waals surface area contributed by atoms with Crippen LogP contribution in [0.15, 0.2) is 63.9 Å². The number of oxazole rings is 1. The molecule has 1 aromatic heterocycles.